The normalized spacial score (nSPS) is 15.4. The van der Waals surface area contributed by atoms with Gasteiger partial charge in [0, 0.05) is 0 Å². The van der Waals surface area contributed by atoms with Gasteiger partial charge in [0.2, 0.25) is 0 Å². The van der Waals surface area contributed by atoms with Gasteiger partial charge in [-0.05, 0) is 30.1 Å². The van der Waals surface area contributed by atoms with Crippen LogP contribution in [0.1, 0.15) is 67.2 Å². The second kappa shape index (κ2) is 6.43. The Morgan fingerprint density at radius 1 is 1.00 bits per heavy atom. The molecule has 0 aliphatic heterocycles. The minimum Gasteiger partial charge on any atom is -0.312 e. The summed E-state index contributed by atoms with van der Waals surface area (Å²) in [4.78, 5) is 0. The Morgan fingerprint density at radius 3 is 1.73 bits per heavy atom. The summed E-state index contributed by atoms with van der Waals surface area (Å²) in [6.07, 6.45) is 5.13. The van der Waals surface area contributed by atoms with E-state index in [4.69, 9.17) is 3.07 Å². The van der Waals surface area contributed by atoms with Crippen LogP contribution in [0.2, 0.25) is 0 Å². The van der Waals surface area contributed by atoms with Crippen LogP contribution >= 0.6 is 23.0 Å². The van der Waals surface area contributed by atoms with Crippen molar-refractivity contribution in [2.24, 2.45) is 10.8 Å². The Bertz CT molecular complexity index is 173. The first kappa shape index (κ1) is 15.7. The lowest BCUT2D eigenvalue weighted by Gasteiger charge is -2.38. The number of rotatable bonds is 7. The summed E-state index contributed by atoms with van der Waals surface area (Å²) < 4.78 is 5.70. The van der Waals surface area contributed by atoms with E-state index in [1.807, 2.05) is 0 Å². The molecule has 15 heavy (non-hydrogen) atoms. The topological polar surface area (TPSA) is 9.23 Å². The quantitative estimate of drug-likeness (QED) is 0.571. The van der Waals surface area contributed by atoms with E-state index in [2.05, 4.69) is 64.5 Å². The smallest absolute Gasteiger partial charge is 0.110 e. The largest absolute Gasteiger partial charge is 0.312 e. The van der Waals surface area contributed by atoms with Crippen LogP contribution in [0.15, 0.2) is 0 Å². The molecule has 1 nitrogen and oxygen atoms in total. The van der Waals surface area contributed by atoms with E-state index in [1.54, 1.807) is 0 Å². The van der Waals surface area contributed by atoms with Crippen molar-refractivity contribution in [3.8, 4) is 0 Å². The molecule has 1 unspecified atom stereocenters. The second-order valence-electron chi connectivity index (χ2n) is 5.66. The Hall–Kier alpha value is 0.690. The maximum Gasteiger partial charge on any atom is 0.110 e. The molecule has 0 aromatic rings. The predicted octanol–water partition coefficient (Wildman–Crippen LogP) is 5.37. The van der Waals surface area contributed by atoms with Crippen LogP contribution in [0.3, 0.4) is 0 Å². The lowest BCUT2D eigenvalue weighted by molar-refractivity contribution is 0.0482. The van der Waals surface area contributed by atoms with Crippen molar-refractivity contribution in [1.29, 1.82) is 0 Å². The first-order valence-corrected chi connectivity index (χ1v) is 7.00. The van der Waals surface area contributed by atoms with Crippen LogP contribution in [-0.2, 0) is 3.07 Å². The summed E-state index contributed by atoms with van der Waals surface area (Å²) in [7, 11) is 0. The summed E-state index contributed by atoms with van der Waals surface area (Å²) in [5.41, 5.74) is 0.717. The molecule has 0 bridgehead atoms. The molecule has 0 saturated heterocycles. The third-order valence-corrected chi connectivity index (χ3v) is 4.81. The molecule has 0 heterocycles. The molecule has 0 aliphatic rings. The van der Waals surface area contributed by atoms with Gasteiger partial charge in [-0.25, -0.2) is 0 Å². The third-order valence-electron chi connectivity index (χ3n) is 4.20. The minimum absolute atomic E-state index is 0.327. The SMILES string of the molecule is CCC(C)(C)CC(OI)C(C)(CC)CC. The average molecular weight is 326 g/mol. The first-order valence-electron chi connectivity index (χ1n) is 6.12. The van der Waals surface area contributed by atoms with Gasteiger partial charge in [0.25, 0.3) is 0 Å². The van der Waals surface area contributed by atoms with Crippen molar-refractivity contribution in [1.82, 2.24) is 0 Å². The van der Waals surface area contributed by atoms with Gasteiger partial charge in [-0.2, -0.15) is 0 Å². The van der Waals surface area contributed by atoms with Crippen molar-refractivity contribution >= 4 is 23.0 Å². The summed E-state index contributed by atoms with van der Waals surface area (Å²) in [6, 6.07) is 0. The van der Waals surface area contributed by atoms with Crippen LogP contribution in [0.25, 0.3) is 0 Å². The minimum atomic E-state index is 0.327. The average Bonchev–Trinajstić information content (AvgIpc) is 2.24. The molecule has 0 N–H and O–H groups in total. The maximum absolute atomic E-state index is 5.70. The predicted molar refractivity (Wildman–Crippen MR) is 76.3 cm³/mol. The highest BCUT2D eigenvalue weighted by molar-refractivity contribution is 14.1. The van der Waals surface area contributed by atoms with Gasteiger partial charge in [0.05, 0.1) is 6.10 Å². The van der Waals surface area contributed by atoms with E-state index >= 15 is 0 Å². The highest BCUT2D eigenvalue weighted by Crippen LogP contribution is 2.40. The highest BCUT2D eigenvalue weighted by Gasteiger charge is 2.35. The zero-order valence-electron chi connectivity index (χ0n) is 11.2. The van der Waals surface area contributed by atoms with Gasteiger partial charge < -0.3 is 3.07 Å². The standard InChI is InChI=1S/C13H27IO/c1-7-12(4,5)10-11(15-14)13(6,8-2)9-3/h11H,7-10H2,1-6H3. The van der Waals surface area contributed by atoms with Crippen LogP contribution in [0.5, 0.6) is 0 Å². The Kier molecular flexibility index (Phi) is 6.73. The van der Waals surface area contributed by atoms with E-state index < -0.39 is 0 Å². The number of hydrogen-bond donors (Lipinski definition) is 0. The van der Waals surface area contributed by atoms with Crippen molar-refractivity contribution in [3.05, 3.63) is 0 Å². The van der Waals surface area contributed by atoms with E-state index in [-0.39, 0.29) is 0 Å². The zero-order chi connectivity index (χ0) is 12.1. The molecule has 0 fully saturated rings. The van der Waals surface area contributed by atoms with Crippen LogP contribution < -0.4 is 0 Å². The molecule has 0 aromatic heterocycles. The molecular formula is C13H27IO. The van der Waals surface area contributed by atoms with Gasteiger partial charge in [0.1, 0.15) is 23.0 Å². The summed E-state index contributed by atoms with van der Waals surface area (Å²) in [5.74, 6) is 0. The second-order valence-corrected chi connectivity index (χ2v) is 6.17. The molecule has 0 rings (SSSR count). The summed E-state index contributed by atoms with van der Waals surface area (Å²) in [6.45, 7) is 13.8. The van der Waals surface area contributed by atoms with Crippen LogP contribution in [0, 0.1) is 10.8 Å². The highest BCUT2D eigenvalue weighted by atomic mass is 127. The monoisotopic (exact) mass is 326 g/mol. The fraction of sp³-hybridized carbons (Fsp3) is 1.00. The molecule has 2 heteroatoms. The molecule has 0 spiro atoms. The van der Waals surface area contributed by atoms with Gasteiger partial charge in [0.15, 0.2) is 0 Å². The maximum atomic E-state index is 5.70. The van der Waals surface area contributed by atoms with Crippen LogP contribution in [-0.4, -0.2) is 6.10 Å². The Morgan fingerprint density at radius 2 is 1.47 bits per heavy atom. The van der Waals surface area contributed by atoms with Gasteiger partial charge in [-0.3, -0.25) is 0 Å². The molecule has 1 atom stereocenters. The summed E-state index contributed by atoms with van der Waals surface area (Å²) in [5, 5.41) is 0. The molecule has 0 amide bonds. The molecular weight excluding hydrogens is 299 g/mol. The van der Waals surface area contributed by atoms with Gasteiger partial charge in [-0.15, -0.1) is 0 Å². The molecule has 0 aromatic carbocycles. The van der Waals surface area contributed by atoms with E-state index in [9.17, 15) is 0 Å². The van der Waals surface area contributed by atoms with Crippen molar-refractivity contribution in [3.63, 3.8) is 0 Å². The van der Waals surface area contributed by atoms with Crippen molar-refractivity contribution < 1.29 is 3.07 Å². The van der Waals surface area contributed by atoms with E-state index in [0.717, 1.165) is 6.42 Å². The lowest BCUT2D eigenvalue weighted by atomic mass is 9.72. The fourth-order valence-electron chi connectivity index (χ4n) is 1.74. The molecule has 92 valence electrons. The Labute approximate surface area is 110 Å². The molecule has 0 radical (unpaired) electrons. The number of halogens is 1. The van der Waals surface area contributed by atoms with E-state index in [0.29, 0.717) is 16.9 Å². The molecule has 0 saturated carbocycles. The number of hydrogen-bond acceptors (Lipinski definition) is 1. The summed E-state index contributed by atoms with van der Waals surface area (Å²) >= 11 is 2.08. The van der Waals surface area contributed by atoms with Crippen LogP contribution in [0.4, 0.5) is 0 Å². The van der Waals surface area contributed by atoms with Gasteiger partial charge >= 0.3 is 0 Å². The fourth-order valence-corrected chi connectivity index (χ4v) is 2.53. The van der Waals surface area contributed by atoms with Gasteiger partial charge in [-0.1, -0.05) is 48.0 Å². The zero-order valence-corrected chi connectivity index (χ0v) is 13.3. The van der Waals surface area contributed by atoms with Crippen molar-refractivity contribution in [2.75, 3.05) is 0 Å². The molecule has 0 aliphatic carbocycles. The van der Waals surface area contributed by atoms with Crippen molar-refractivity contribution in [2.45, 2.75) is 73.3 Å². The third kappa shape index (κ3) is 4.59. The first-order chi connectivity index (χ1) is 6.85. The Balaban J connectivity index is 4.61. The van der Waals surface area contributed by atoms with E-state index in [1.165, 1.54) is 19.3 Å². The lowest BCUT2D eigenvalue weighted by Crippen LogP contribution is -2.35.